The molecule has 0 aromatic heterocycles. The van der Waals surface area contributed by atoms with Crippen LogP contribution < -0.4 is 0 Å². The van der Waals surface area contributed by atoms with Gasteiger partial charge in [0, 0.05) is 34.1 Å². The number of hydrogen-bond acceptors (Lipinski definition) is 0. The Hall–Kier alpha value is -0.261. The first-order chi connectivity index (χ1) is 10.8. The van der Waals surface area contributed by atoms with Gasteiger partial charge in [0.25, 0.3) is 0 Å². The summed E-state index contributed by atoms with van der Waals surface area (Å²) in [5.74, 6) is 2.69. The van der Waals surface area contributed by atoms with Crippen LogP contribution >= 0.6 is 0 Å². The van der Waals surface area contributed by atoms with E-state index in [9.17, 15) is 0 Å². The minimum Gasteiger partial charge on any atom is -0.521 e. The molecule has 2 rings (SSSR count). The molecule has 0 aliphatic heterocycles. The van der Waals surface area contributed by atoms with Crippen molar-refractivity contribution >= 4 is 0 Å². The quantitative estimate of drug-likeness (QED) is 0.336. The van der Waals surface area contributed by atoms with Crippen molar-refractivity contribution in [2.75, 3.05) is 0 Å². The molecule has 0 amide bonds. The molecule has 2 saturated carbocycles. The first-order valence-electron chi connectivity index (χ1n) is 5.38. The summed E-state index contributed by atoms with van der Waals surface area (Å²) >= 11 is 0. The zero-order valence-corrected chi connectivity index (χ0v) is 15.7. The van der Waals surface area contributed by atoms with Gasteiger partial charge in [0.05, 0.1) is 0 Å². The van der Waals surface area contributed by atoms with Crippen LogP contribution in [0, 0.1) is 96.4 Å². The predicted octanol–water partition coefficient (Wildman–Crippen LogP) is 3.27. The smallest absolute Gasteiger partial charge is 0 e. The van der Waals surface area contributed by atoms with E-state index in [1.165, 1.54) is 11.8 Å². The first-order valence-corrected chi connectivity index (χ1v) is 5.38. The summed E-state index contributed by atoms with van der Waals surface area (Å²) in [5, 5.41) is 0. The maximum atomic E-state index is 7.50. The third kappa shape index (κ3) is 49.5. The fourth-order valence-electron chi connectivity index (χ4n) is 0.940. The second-order valence-electron chi connectivity index (χ2n) is 2.92. The average Bonchev–Trinajstić information content (AvgIpc) is 3.31. The summed E-state index contributed by atoms with van der Waals surface area (Å²) in [4.78, 5) is 0. The van der Waals surface area contributed by atoms with Gasteiger partial charge in [0.15, 0.2) is 0 Å². The average molecular weight is 407 g/mol. The van der Waals surface area contributed by atoms with Gasteiger partial charge >= 0.3 is 45.2 Å². The summed E-state index contributed by atoms with van der Waals surface area (Å²) in [7, 11) is 0. The van der Waals surface area contributed by atoms with Crippen LogP contribution in [0.5, 0.6) is 0 Å². The Morgan fingerprint density at radius 3 is 0.750 bits per heavy atom. The second kappa shape index (κ2) is 56.9. The monoisotopic (exact) mass is 407 g/mol. The Kier molecular flexibility index (Phi) is 104. The molecule has 4 nitrogen and oxygen atoms in total. The largest absolute Gasteiger partial charge is 0.521 e. The molecule has 0 aromatic rings. The summed E-state index contributed by atoms with van der Waals surface area (Å²) in [5.41, 5.74) is 0. The molecule has 2 fully saturated rings. The van der Waals surface area contributed by atoms with Crippen molar-refractivity contribution in [3.05, 3.63) is 103 Å². The number of hydrogen-bond donors (Lipinski definition) is 0. The van der Waals surface area contributed by atoms with Crippen LogP contribution in [-0.2, 0) is 52.7 Å². The van der Waals surface area contributed by atoms with E-state index < -0.39 is 0 Å². The van der Waals surface area contributed by atoms with E-state index >= 15 is 0 Å². The molecule has 128 valence electrons. The summed E-state index contributed by atoms with van der Waals surface area (Å²) in [6.07, 6.45) is 16.5. The van der Waals surface area contributed by atoms with Crippen molar-refractivity contribution in [1.82, 2.24) is 0 Å². The fourth-order valence-corrected chi connectivity index (χ4v) is 0.940. The van der Waals surface area contributed by atoms with Crippen LogP contribution in [0.25, 0.3) is 0 Å². The van der Waals surface area contributed by atoms with Crippen LogP contribution in [0.3, 0.4) is 0 Å². The van der Waals surface area contributed by atoms with Gasteiger partial charge in [-0.15, -0.1) is 0 Å². The van der Waals surface area contributed by atoms with Crippen LogP contribution in [0.4, 0.5) is 0 Å². The minimum absolute atomic E-state index is 0. The van der Waals surface area contributed by atoms with Gasteiger partial charge in [-0.3, -0.25) is 6.58 Å². The van der Waals surface area contributed by atoms with Gasteiger partial charge in [-0.05, 0) is 63.2 Å². The van der Waals surface area contributed by atoms with Crippen molar-refractivity contribution in [3.63, 3.8) is 0 Å². The van der Waals surface area contributed by atoms with Crippen LogP contribution in [0.2, 0.25) is 0 Å². The zero-order valence-electron chi connectivity index (χ0n) is 13.3. The Labute approximate surface area is 169 Å². The molecule has 24 heavy (non-hydrogen) atoms. The van der Waals surface area contributed by atoms with Gasteiger partial charge < -0.3 is 6.58 Å². The Balaban J connectivity index is -0.0000000304. The molecule has 2 aliphatic carbocycles. The number of rotatable bonds is 0. The standard InChI is InChI=1S/2C6H7.C2H3.4CO.2Mn/c2*1-6-4-2-3-5-6;5*1-2;;/h2*2-5H,1H3;1H,2H2;;;;;;/q;;-1;;;;;;. The Morgan fingerprint density at radius 1 is 0.583 bits per heavy atom. The van der Waals surface area contributed by atoms with E-state index in [4.69, 9.17) is 18.6 Å². The van der Waals surface area contributed by atoms with Crippen LogP contribution in [0.1, 0.15) is 13.8 Å². The van der Waals surface area contributed by atoms with Crippen LogP contribution in [0.15, 0.2) is 6.58 Å². The molecule has 6 heteroatoms. The van der Waals surface area contributed by atoms with Gasteiger partial charge in [0.2, 0.25) is 0 Å². The van der Waals surface area contributed by atoms with E-state index in [0.29, 0.717) is 0 Å². The molecule has 0 saturated heterocycles. The molecular formula is C18H17Mn2O4-. The van der Waals surface area contributed by atoms with E-state index in [1.54, 1.807) is 0 Å². The third-order valence-electron chi connectivity index (χ3n) is 1.66. The summed E-state index contributed by atoms with van der Waals surface area (Å²) < 4.78 is 30.0. The summed E-state index contributed by atoms with van der Waals surface area (Å²) in [6.45, 7) is 29.2. The van der Waals surface area contributed by atoms with Crippen molar-refractivity contribution in [1.29, 1.82) is 0 Å². The van der Waals surface area contributed by atoms with Gasteiger partial charge in [0.1, 0.15) is 0 Å². The van der Waals surface area contributed by atoms with E-state index in [1.807, 2.05) is 25.7 Å². The van der Waals surface area contributed by atoms with Crippen molar-refractivity contribution in [2.24, 2.45) is 0 Å². The molecule has 2 aliphatic rings. The van der Waals surface area contributed by atoms with Gasteiger partial charge in [-0.1, -0.05) is 13.8 Å². The van der Waals surface area contributed by atoms with Crippen molar-refractivity contribution < 1.29 is 52.7 Å². The topological polar surface area (TPSA) is 79.6 Å². The van der Waals surface area contributed by atoms with Crippen LogP contribution in [-0.4, -0.2) is 0 Å². The Morgan fingerprint density at radius 2 is 0.708 bits per heavy atom. The van der Waals surface area contributed by atoms with E-state index in [-0.39, 0.29) is 34.1 Å². The molecule has 0 unspecified atom stereocenters. The Bertz CT molecular complexity index is 213. The maximum Gasteiger partial charge on any atom is 0 e. The SMILES string of the molecule is C[C]1[CH][CH][CH][CH]1.C[C]1[CH][CH][CH][CH]1.[C-]#[O+].[C-]#[O+].[C-]#[O+].[C-]#[O+].[CH-]=C.[Mn].[Mn]. The maximum absolute atomic E-state index is 7.50. The first kappa shape index (κ1) is 43.8. The normalized spacial score (nSPS) is 13.2. The molecular weight excluding hydrogens is 390 g/mol. The zero-order chi connectivity index (χ0) is 18.8. The molecule has 0 heterocycles. The molecule has 0 N–H and O–H groups in total. The molecule has 0 bridgehead atoms. The molecule has 12 radical (unpaired) electrons. The molecule has 0 atom stereocenters. The minimum atomic E-state index is 0. The van der Waals surface area contributed by atoms with E-state index in [0.717, 1.165) is 0 Å². The fraction of sp³-hybridized carbons (Fsp3) is 0.111. The predicted molar refractivity (Wildman–Crippen MR) is 77.9 cm³/mol. The van der Waals surface area contributed by atoms with E-state index in [2.05, 4.69) is 79.3 Å². The molecule has 0 aromatic carbocycles. The molecule has 0 spiro atoms. The second-order valence-corrected chi connectivity index (χ2v) is 2.92. The third-order valence-corrected chi connectivity index (χ3v) is 1.66. The van der Waals surface area contributed by atoms with Gasteiger partial charge in [-0.2, -0.15) is 0 Å². The van der Waals surface area contributed by atoms with Crippen molar-refractivity contribution in [3.8, 4) is 0 Å². The van der Waals surface area contributed by atoms with Gasteiger partial charge in [-0.25, -0.2) is 0 Å². The summed E-state index contributed by atoms with van der Waals surface area (Å²) in [6, 6.07) is 0. The van der Waals surface area contributed by atoms with Crippen molar-refractivity contribution in [2.45, 2.75) is 13.8 Å².